The van der Waals surface area contributed by atoms with Crippen LogP contribution in [0.5, 0.6) is 0 Å². The van der Waals surface area contributed by atoms with Gasteiger partial charge in [0.25, 0.3) is 0 Å². The zero-order valence-electron chi connectivity index (χ0n) is 9.76. The average molecular weight is 234 g/mol. The van der Waals surface area contributed by atoms with Crippen LogP contribution in [-0.2, 0) is 0 Å². The first kappa shape index (κ1) is 15.5. The fourth-order valence-electron chi connectivity index (χ4n) is 0.996. The van der Waals surface area contributed by atoms with Crippen molar-refractivity contribution in [1.82, 2.24) is 0 Å². The van der Waals surface area contributed by atoms with Gasteiger partial charge in [-0.3, -0.25) is 0 Å². The molecule has 0 aliphatic carbocycles. The third kappa shape index (κ3) is 12.4. The average Bonchev–Trinajstić information content (AvgIpc) is 2.34. The van der Waals surface area contributed by atoms with E-state index in [1.807, 2.05) is 0 Å². The molecule has 3 heteroatoms. The highest BCUT2D eigenvalue weighted by Crippen LogP contribution is 2.01. The maximum Gasteiger partial charge on any atom is 0.0621 e. The van der Waals surface area contributed by atoms with E-state index in [1.54, 1.807) is 12.2 Å². The van der Waals surface area contributed by atoms with Crippen molar-refractivity contribution >= 4 is 0 Å². The first-order valence-electron chi connectivity index (χ1n) is 5.52. The first-order valence-corrected chi connectivity index (χ1v) is 5.52. The number of rotatable bonds is 6. The number of allylic oxidation sites excluding steroid dienone is 2. The molecule has 0 heterocycles. The van der Waals surface area contributed by atoms with Crippen LogP contribution in [0.2, 0.25) is 0 Å². The lowest BCUT2D eigenvalue weighted by Gasteiger charge is -2.04. The minimum atomic E-state index is -0.418. The van der Waals surface area contributed by atoms with Crippen LogP contribution in [0.15, 0.2) is 24.3 Å². The van der Waals surface area contributed by atoms with Gasteiger partial charge in [0.2, 0.25) is 0 Å². The Labute approximate surface area is 102 Å². The molecule has 17 heavy (non-hydrogen) atoms. The molecule has 1 atom stereocenters. The molecule has 0 radical (unpaired) electrons. The Morgan fingerprint density at radius 3 is 2.24 bits per heavy atom. The third-order valence-electron chi connectivity index (χ3n) is 1.82. The Bertz CT molecular complexity index is 347. The van der Waals surface area contributed by atoms with E-state index in [4.69, 9.17) is 10.2 Å². The number of hydrogen-bond donors (Lipinski definition) is 3. The Kier molecular flexibility index (Phi) is 11.4. The summed E-state index contributed by atoms with van der Waals surface area (Å²) in [7, 11) is 0. The summed E-state index contributed by atoms with van der Waals surface area (Å²) in [6.45, 7) is 0.0886. The van der Waals surface area contributed by atoms with Gasteiger partial charge in [-0.1, -0.05) is 24.0 Å². The van der Waals surface area contributed by atoms with Crippen molar-refractivity contribution in [3.05, 3.63) is 24.3 Å². The summed E-state index contributed by atoms with van der Waals surface area (Å²) in [5.74, 6) is 10.5. The van der Waals surface area contributed by atoms with Gasteiger partial charge in [0.1, 0.15) is 0 Å². The molecule has 3 nitrogen and oxygen atoms in total. The molecule has 0 aromatic rings. The minimum absolute atomic E-state index is 0.0201. The Balaban J connectivity index is 3.75. The molecule has 1 unspecified atom stereocenters. The topological polar surface area (TPSA) is 60.7 Å². The van der Waals surface area contributed by atoms with E-state index in [0.717, 1.165) is 0 Å². The molecule has 0 spiro atoms. The number of aliphatic hydroxyl groups excluding tert-OH is 3. The normalized spacial score (nSPS) is 11.9. The van der Waals surface area contributed by atoms with E-state index in [0.29, 0.717) is 19.3 Å². The highest BCUT2D eigenvalue weighted by Gasteiger charge is 1.99. The molecular weight excluding hydrogens is 216 g/mol. The molecule has 0 bridgehead atoms. The van der Waals surface area contributed by atoms with Gasteiger partial charge in [0.15, 0.2) is 0 Å². The van der Waals surface area contributed by atoms with Crippen LogP contribution in [0.4, 0.5) is 0 Å². The van der Waals surface area contributed by atoms with Crippen LogP contribution in [0.1, 0.15) is 19.3 Å². The van der Waals surface area contributed by atoms with Crippen molar-refractivity contribution in [2.45, 2.75) is 25.4 Å². The van der Waals surface area contributed by atoms with Crippen LogP contribution in [0, 0.1) is 23.7 Å². The van der Waals surface area contributed by atoms with E-state index >= 15 is 0 Å². The molecule has 0 aromatic carbocycles. The van der Waals surface area contributed by atoms with Gasteiger partial charge in [-0.15, -0.1) is 0 Å². The van der Waals surface area contributed by atoms with Gasteiger partial charge in [0, 0.05) is 6.61 Å². The zero-order valence-corrected chi connectivity index (χ0v) is 9.76. The van der Waals surface area contributed by atoms with E-state index in [2.05, 4.69) is 23.7 Å². The quantitative estimate of drug-likeness (QED) is 0.590. The largest absolute Gasteiger partial charge is 0.396 e. The maximum absolute atomic E-state index is 9.41. The van der Waals surface area contributed by atoms with Crippen LogP contribution in [0.25, 0.3) is 0 Å². The lowest BCUT2D eigenvalue weighted by molar-refractivity contribution is 0.152. The summed E-state index contributed by atoms with van der Waals surface area (Å²) in [5.41, 5.74) is 0. The van der Waals surface area contributed by atoms with Crippen LogP contribution in [0.3, 0.4) is 0 Å². The second-order valence-corrected chi connectivity index (χ2v) is 3.28. The van der Waals surface area contributed by atoms with Crippen molar-refractivity contribution in [1.29, 1.82) is 0 Å². The second kappa shape index (κ2) is 12.5. The second-order valence-electron chi connectivity index (χ2n) is 3.28. The summed E-state index contributed by atoms with van der Waals surface area (Å²) < 4.78 is 0. The predicted molar refractivity (Wildman–Crippen MR) is 67.9 cm³/mol. The van der Waals surface area contributed by atoms with Gasteiger partial charge in [-0.2, -0.15) is 0 Å². The van der Waals surface area contributed by atoms with Crippen LogP contribution in [-0.4, -0.2) is 34.6 Å². The van der Waals surface area contributed by atoms with Crippen molar-refractivity contribution in [2.24, 2.45) is 0 Å². The summed E-state index contributed by atoms with van der Waals surface area (Å²) in [4.78, 5) is 0. The Morgan fingerprint density at radius 2 is 1.65 bits per heavy atom. The molecule has 0 aromatic heterocycles. The molecule has 0 saturated carbocycles. The highest BCUT2D eigenvalue weighted by molar-refractivity contribution is 5.33. The van der Waals surface area contributed by atoms with Gasteiger partial charge >= 0.3 is 0 Å². The summed E-state index contributed by atoms with van der Waals surface area (Å²) in [6.07, 6.45) is 7.82. The van der Waals surface area contributed by atoms with Crippen molar-refractivity contribution in [3.63, 3.8) is 0 Å². The third-order valence-corrected chi connectivity index (χ3v) is 1.82. The molecule has 92 valence electrons. The minimum Gasteiger partial charge on any atom is -0.396 e. The molecule has 0 aliphatic rings. The van der Waals surface area contributed by atoms with Gasteiger partial charge < -0.3 is 15.3 Å². The first-order chi connectivity index (χ1) is 8.31. The van der Waals surface area contributed by atoms with Gasteiger partial charge in [-0.05, 0) is 43.3 Å². The van der Waals surface area contributed by atoms with E-state index < -0.39 is 6.10 Å². The standard InChI is InChI=1S/C14H18O3/c15-12-8-6-4-2-1-3-5-7-10-14(17)11-9-13-16/h5-8,14-17H,9-13H2/b7-5+,8-6+. The van der Waals surface area contributed by atoms with Crippen molar-refractivity contribution in [3.8, 4) is 23.7 Å². The fraction of sp³-hybridized carbons (Fsp3) is 0.429. The predicted octanol–water partition coefficient (Wildman–Crippen LogP) is 0.621. The molecule has 0 aliphatic heterocycles. The Morgan fingerprint density at radius 1 is 1.00 bits per heavy atom. The molecule has 0 saturated heterocycles. The van der Waals surface area contributed by atoms with E-state index in [9.17, 15) is 5.11 Å². The molecule has 0 rings (SSSR count). The van der Waals surface area contributed by atoms with E-state index in [-0.39, 0.29) is 13.2 Å². The SMILES string of the molecule is OC/C=C/C#CC#C/C=C/CC(O)CCCO. The molecular formula is C14H18O3. The molecule has 0 fully saturated rings. The Hall–Kier alpha value is -1.52. The maximum atomic E-state index is 9.41. The zero-order chi connectivity index (χ0) is 12.8. The monoisotopic (exact) mass is 234 g/mol. The van der Waals surface area contributed by atoms with E-state index in [1.165, 1.54) is 12.2 Å². The van der Waals surface area contributed by atoms with Gasteiger partial charge in [-0.25, -0.2) is 0 Å². The van der Waals surface area contributed by atoms with Crippen molar-refractivity contribution < 1.29 is 15.3 Å². The highest BCUT2D eigenvalue weighted by atomic mass is 16.3. The summed E-state index contributed by atoms with van der Waals surface area (Å²) in [6, 6.07) is 0. The van der Waals surface area contributed by atoms with Crippen LogP contribution >= 0.6 is 0 Å². The van der Waals surface area contributed by atoms with Crippen LogP contribution < -0.4 is 0 Å². The molecule has 3 N–H and O–H groups in total. The fourth-order valence-corrected chi connectivity index (χ4v) is 0.996. The molecule has 0 amide bonds. The lowest BCUT2D eigenvalue weighted by Crippen LogP contribution is -2.05. The summed E-state index contributed by atoms with van der Waals surface area (Å²) >= 11 is 0. The number of aliphatic hydroxyl groups is 3. The smallest absolute Gasteiger partial charge is 0.0621 e. The summed E-state index contributed by atoms with van der Waals surface area (Å²) in [5, 5.41) is 26.4. The van der Waals surface area contributed by atoms with Crippen molar-refractivity contribution in [2.75, 3.05) is 13.2 Å². The van der Waals surface area contributed by atoms with Gasteiger partial charge in [0.05, 0.1) is 12.7 Å². The number of hydrogen-bond acceptors (Lipinski definition) is 3. The lowest BCUT2D eigenvalue weighted by atomic mass is 10.1.